The summed E-state index contributed by atoms with van der Waals surface area (Å²) in [6.45, 7) is 4.05. The van der Waals surface area contributed by atoms with E-state index < -0.39 is 8.25 Å². The lowest BCUT2D eigenvalue weighted by molar-refractivity contribution is -0.248. The van der Waals surface area contributed by atoms with E-state index in [-0.39, 0.29) is 6.10 Å². The Labute approximate surface area is 74.1 Å². The molecule has 0 fully saturated rings. The first kappa shape index (κ1) is 12.1. The molecule has 0 bridgehead atoms. The van der Waals surface area contributed by atoms with E-state index in [1.807, 2.05) is 6.92 Å². The maximum absolute atomic E-state index is 10.7. The van der Waals surface area contributed by atoms with Crippen molar-refractivity contribution in [2.75, 3.05) is 7.11 Å². The SMILES string of the molecule is CCCC(CC)OO[PH](=O)OC. The van der Waals surface area contributed by atoms with Crippen LogP contribution in [0.3, 0.4) is 0 Å². The number of rotatable bonds is 7. The Morgan fingerprint density at radius 3 is 2.50 bits per heavy atom. The van der Waals surface area contributed by atoms with Crippen molar-refractivity contribution in [3.8, 4) is 0 Å². The average Bonchev–Trinajstić information content (AvgIpc) is 2.11. The van der Waals surface area contributed by atoms with Gasteiger partial charge in [-0.15, -0.1) is 0 Å². The molecule has 0 heterocycles. The molecule has 0 amide bonds. The molecule has 0 aliphatic carbocycles. The lowest BCUT2D eigenvalue weighted by Gasteiger charge is -2.12. The minimum absolute atomic E-state index is 0.0269. The number of hydrogen-bond acceptors (Lipinski definition) is 4. The van der Waals surface area contributed by atoms with Gasteiger partial charge in [-0.05, 0) is 12.8 Å². The fourth-order valence-corrected chi connectivity index (χ4v) is 1.07. The molecule has 4 nitrogen and oxygen atoms in total. The first-order valence-electron chi connectivity index (χ1n) is 4.15. The molecule has 2 unspecified atom stereocenters. The fourth-order valence-electron chi connectivity index (χ4n) is 0.784. The molecule has 0 aliphatic heterocycles. The van der Waals surface area contributed by atoms with Crippen molar-refractivity contribution in [3.63, 3.8) is 0 Å². The second-order valence-electron chi connectivity index (χ2n) is 2.45. The monoisotopic (exact) mass is 196 g/mol. The summed E-state index contributed by atoms with van der Waals surface area (Å²) in [7, 11) is -1.10. The second-order valence-corrected chi connectivity index (χ2v) is 3.53. The molecule has 0 saturated carbocycles. The summed E-state index contributed by atoms with van der Waals surface area (Å²) in [5.74, 6) is 0. The van der Waals surface area contributed by atoms with E-state index in [9.17, 15) is 4.57 Å². The first-order chi connectivity index (χ1) is 5.74. The summed E-state index contributed by atoms with van der Waals surface area (Å²) >= 11 is 0. The van der Waals surface area contributed by atoms with Crippen molar-refractivity contribution in [3.05, 3.63) is 0 Å². The van der Waals surface area contributed by atoms with Crippen LogP contribution in [0.25, 0.3) is 0 Å². The maximum Gasteiger partial charge on any atom is 0.346 e. The van der Waals surface area contributed by atoms with Gasteiger partial charge < -0.3 is 4.52 Å². The zero-order chi connectivity index (χ0) is 9.40. The van der Waals surface area contributed by atoms with E-state index in [0.29, 0.717) is 0 Å². The van der Waals surface area contributed by atoms with Crippen LogP contribution >= 0.6 is 8.25 Å². The summed E-state index contributed by atoms with van der Waals surface area (Å²) in [4.78, 5) is 4.89. The molecule has 0 N–H and O–H groups in total. The first-order valence-corrected chi connectivity index (χ1v) is 5.38. The molecule has 0 radical (unpaired) electrons. The van der Waals surface area contributed by atoms with Crippen LogP contribution in [0.15, 0.2) is 0 Å². The van der Waals surface area contributed by atoms with E-state index in [4.69, 9.17) is 4.89 Å². The van der Waals surface area contributed by atoms with Gasteiger partial charge in [-0.3, -0.25) is 4.57 Å². The Balaban J connectivity index is 3.50. The predicted molar refractivity (Wildman–Crippen MR) is 47.2 cm³/mol. The van der Waals surface area contributed by atoms with Gasteiger partial charge in [0, 0.05) is 7.11 Å². The molecule has 74 valence electrons. The lowest BCUT2D eigenvalue weighted by atomic mass is 10.2. The Morgan fingerprint density at radius 1 is 1.42 bits per heavy atom. The normalized spacial score (nSPS) is 15.9. The van der Waals surface area contributed by atoms with Crippen LogP contribution in [0.4, 0.5) is 0 Å². The minimum Gasteiger partial charge on any atom is -0.312 e. The maximum atomic E-state index is 10.7. The molecule has 5 heteroatoms. The third-order valence-electron chi connectivity index (χ3n) is 1.48. The van der Waals surface area contributed by atoms with E-state index in [1.54, 1.807) is 0 Å². The van der Waals surface area contributed by atoms with E-state index in [2.05, 4.69) is 16.1 Å². The van der Waals surface area contributed by atoms with Crippen molar-refractivity contribution in [2.24, 2.45) is 0 Å². The summed E-state index contributed by atoms with van der Waals surface area (Å²) in [5, 5.41) is 0. The third kappa shape index (κ3) is 5.72. The Bertz CT molecular complexity index is 129. The molecule has 0 aromatic carbocycles. The molecular weight excluding hydrogens is 179 g/mol. The minimum atomic E-state index is -2.42. The molecular formula is C7H17O4P. The van der Waals surface area contributed by atoms with E-state index in [0.717, 1.165) is 19.3 Å². The van der Waals surface area contributed by atoms with Crippen molar-refractivity contribution in [1.82, 2.24) is 0 Å². The smallest absolute Gasteiger partial charge is 0.312 e. The highest BCUT2D eigenvalue weighted by Gasteiger charge is 2.07. The molecule has 0 rings (SSSR count). The van der Waals surface area contributed by atoms with E-state index >= 15 is 0 Å². The topological polar surface area (TPSA) is 44.8 Å². The van der Waals surface area contributed by atoms with Crippen LogP contribution in [0.5, 0.6) is 0 Å². The average molecular weight is 196 g/mol. The van der Waals surface area contributed by atoms with Crippen LogP contribution < -0.4 is 0 Å². The van der Waals surface area contributed by atoms with Gasteiger partial charge in [0.15, 0.2) is 0 Å². The summed E-state index contributed by atoms with van der Waals surface area (Å²) in [6.07, 6.45) is 2.82. The standard InChI is InChI=1S/C7H17O4P/c1-4-6-7(5-2)10-11-12(8)9-3/h7,12H,4-6H2,1-3H3. The zero-order valence-corrected chi connectivity index (χ0v) is 8.83. The van der Waals surface area contributed by atoms with Gasteiger partial charge in [0.05, 0.1) is 6.10 Å². The Hall–Kier alpha value is 0.110. The molecule has 12 heavy (non-hydrogen) atoms. The Kier molecular flexibility index (Phi) is 7.81. The third-order valence-corrected chi connectivity index (χ3v) is 2.05. The van der Waals surface area contributed by atoms with Gasteiger partial charge in [-0.2, -0.15) is 4.67 Å². The largest absolute Gasteiger partial charge is 0.346 e. The van der Waals surface area contributed by atoms with Gasteiger partial charge in [-0.1, -0.05) is 20.3 Å². The van der Waals surface area contributed by atoms with Crippen LogP contribution in [0.2, 0.25) is 0 Å². The lowest BCUT2D eigenvalue weighted by Crippen LogP contribution is -2.09. The molecule has 0 aromatic rings. The molecule has 0 saturated heterocycles. The van der Waals surface area contributed by atoms with Crippen LogP contribution in [-0.4, -0.2) is 13.2 Å². The van der Waals surface area contributed by atoms with Gasteiger partial charge in [0.1, 0.15) is 0 Å². The van der Waals surface area contributed by atoms with Crippen molar-refractivity contribution >= 4 is 8.25 Å². The van der Waals surface area contributed by atoms with Gasteiger partial charge in [-0.25, -0.2) is 4.89 Å². The summed E-state index contributed by atoms with van der Waals surface area (Å²) < 4.78 is 19.6. The molecule has 0 spiro atoms. The summed E-state index contributed by atoms with van der Waals surface area (Å²) in [5.41, 5.74) is 0. The molecule has 0 aromatic heterocycles. The van der Waals surface area contributed by atoms with Crippen molar-refractivity contribution < 1.29 is 18.7 Å². The Morgan fingerprint density at radius 2 is 2.08 bits per heavy atom. The van der Waals surface area contributed by atoms with Crippen molar-refractivity contribution in [1.29, 1.82) is 0 Å². The highest BCUT2D eigenvalue weighted by atomic mass is 31.1. The van der Waals surface area contributed by atoms with E-state index in [1.165, 1.54) is 7.11 Å². The van der Waals surface area contributed by atoms with Crippen LogP contribution in [0.1, 0.15) is 33.1 Å². The van der Waals surface area contributed by atoms with Crippen LogP contribution in [0, 0.1) is 0 Å². The predicted octanol–water partition coefficient (Wildman–Crippen LogP) is 2.55. The quantitative estimate of drug-likeness (QED) is 0.356. The number of hydrogen-bond donors (Lipinski definition) is 0. The van der Waals surface area contributed by atoms with Gasteiger partial charge >= 0.3 is 8.25 Å². The molecule has 2 atom stereocenters. The van der Waals surface area contributed by atoms with Crippen molar-refractivity contribution in [2.45, 2.75) is 39.2 Å². The summed E-state index contributed by atoms with van der Waals surface area (Å²) in [6, 6.07) is 0. The molecule has 0 aliphatic rings. The highest BCUT2D eigenvalue weighted by molar-refractivity contribution is 7.33. The zero-order valence-electron chi connectivity index (χ0n) is 7.83. The second kappa shape index (κ2) is 7.74. The van der Waals surface area contributed by atoms with Crippen LogP contribution in [-0.2, 0) is 18.7 Å². The highest BCUT2D eigenvalue weighted by Crippen LogP contribution is 2.24. The van der Waals surface area contributed by atoms with Gasteiger partial charge in [0.2, 0.25) is 0 Å². The van der Waals surface area contributed by atoms with Gasteiger partial charge in [0.25, 0.3) is 0 Å². The fraction of sp³-hybridized carbons (Fsp3) is 1.00.